The first-order valence-corrected chi connectivity index (χ1v) is 15.0. The second kappa shape index (κ2) is 14.9. The predicted octanol–water partition coefficient (Wildman–Crippen LogP) is 3.37. The predicted molar refractivity (Wildman–Crippen MR) is 163 cm³/mol. The van der Waals surface area contributed by atoms with Crippen molar-refractivity contribution < 1.29 is 19.1 Å². The van der Waals surface area contributed by atoms with Crippen LogP contribution in [0.5, 0.6) is 0 Å². The second-order valence-corrected chi connectivity index (χ2v) is 11.5. The van der Waals surface area contributed by atoms with Gasteiger partial charge in [-0.15, -0.1) is 11.3 Å². The smallest absolute Gasteiger partial charge is 0.249 e. The second-order valence-electron chi connectivity index (χ2n) is 10.5. The highest BCUT2D eigenvalue weighted by molar-refractivity contribution is 7.09. The van der Waals surface area contributed by atoms with E-state index in [2.05, 4.69) is 22.8 Å². The van der Waals surface area contributed by atoms with Crippen molar-refractivity contribution in [1.82, 2.24) is 20.4 Å². The molecule has 4 rings (SSSR count). The van der Waals surface area contributed by atoms with Gasteiger partial charge in [0.2, 0.25) is 17.7 Å². The number of hydrogen-bond donors (Lipinski definition) is 2. The maximum Gasteiger partial charge on any atom is 0.249 e. The normalized spacial score (nSPS) is 16.1. The molecule has 1 saturated heterocycles. The molecule has 2 heterocycles. The number of carbonyl (C=O) groups is 3. The van der Waals surface area contributed by atoms with Crippen molar-refractivity contribution in [3.63, 3.8) is 0 Å². The molecule has 8 nitrogen and oxygen atoms in total. The molecule has 3 aromatic rings. The Morgan fingerprint density at radius 1 is 0.951 bits per heavy atom. The van der Waals surface area contributed by atoms with Crippen molar-refractivity contribution in [3.05, 3.63) is 82.6 Å². The molecular formula is C32H40N4O4S. The zero-order valence-electron chi connectivity index (χ0n) is 24.0. The van der Waals surface area contributed by atoms with E-state index in [4.69, 9.17) is 4.74 Å². The number of hydrogen-bond acceptors (Lipinski definition) is 6. The fraction of sp³-hybridized carbons (Fsp3) is 0.406. The van der Waals surface area contributed by atoms with Crippen molar-refractivity contribution >= 4 is 29.1 Å². The van der Waals surface area contributed by atoms with Crippen LogP contribution in [-0.4, -0.2) is 86.5 Å². The van der Waals surface area contributed by atoms with Gasteiger partial charge in [0.15, 0.2) is 0 Å². The number of amides is 3. The fourth-order valence-corrected chi connectivity index (χ4v) is 5.86. The molecule has 2 N–H and O–H groups in total. The van der Waals surface area contributed by atoms with Crippen molar-refractivity contribution in [1.29, 1.82) is 0 Å². The van der Waals surface area contributed by atoms with Gasteiger partial charge in [0.05, 0.1) is 6.61 Å². The molecule has 0 aliphatic carbocycles. The van der Waals surface area contributed by atoms with E-state index in [-0.39, 0.29) is 30.4 Å². The first kappa shape index (κ1) is 30.4. The molecular weight excluding hydrogens is 536 g/mol. The van der Waals surface area contributed by atoms with Gasteiger partial charge in [-0.3, -0.25) is 14.4 Å². The van der Waals surface area contributed by atoms with Crippen LogP contribution in [0.25, 0.3) is 11.1 Å². The number of benzene rings is 2. The average Bonchev–Trinajstić information content (AvgIpc) is 3.73. The molecule has 1 aliphatic rings. The monoisotopic (exact) mass is 576 g/mol. The highest BCUT2D eigenvalue weighted by atomic mass is 32.1. The summed E-state index contributed by atoms with van der Waals surface area (Å²) in [6.45, 7) is 1.31. The highest BCUT2D eigenvalue weighted by Crippen LogP contribution is 2.22. The summed E-state index contributed by atoms with van der Waals surface area (Å²) >= 11 is 1.55. The maximum atomic E-state index is 14.1. The lowest BCUT2D eigenvalue weighted by Crippen LogP contribution is -2.56. The lowest BCUT2D eigenvalue weighted by molar-refractivity contribution is -0.149. The number of likely N-dealkylation sites (N-methyl/N-ethyl adjacent to an activating group) is 3. The van der Waals surface area contributed by atoms with Crippen LogP contribution in [0.2, 0.25) is 0 Å². The highest BCUT2D eigenvalue weighted by Gasteiger charge is 2.35. The van der Waals surface area contributed by atoms with Gasteiger partial charge in [0, 0.05) is 44.9 Å². The van der Waals surface area contributed by atoms with Crippen LogP contribution in [0.4, 0.5) is 0 Å². The number of nitrogens with one attached hydrogen (secondary N) is 2. The molecule has 0 radical (unpaired) electrons. The number of ether oxygens (including phenoxy) is 1. The van der Waals surface area contributed by atoms with Gasteiger partial charge in [-0.2, -0.15) is 0 Å². The van der Waals surface area contributed by atoms with Gasteiger partial charge in [-0.1, -0.05) is 60.7 Å². The van der Waals surface area contributed by atoms with E-state index in [0.29, 0.717) is 19.4 Å². The number of thiophene rings is 1. The molecule has 3 atom stereocenters. The van der Waals surface area contributed by atoms with Crippen molar-refractivity contribution in [2.45, 2.75) is 43.8 Å². The Hall–Kier alpha value is -3.53. The largest absolute Gasteiger partial charge is 0.370 e. The summed E-state index contributed by atoms with van der Waals surface area (Å²) in [4.78, 5) is 44.2. The van der Waals surface area contributed by atoms with Crippen LogP contribution in [0.3, 0.4) is 0 Å². The van der Waals surface area contributed by atoms with Crippen LogP contribution in [-0.2, 0) is 32.0 Å². The van der Waals surface area contributed by atoms with E-state index in [1.165, 1.54) is 9.80 Å². The molecule has 1 aliphatic heterocycles. The molecule has 0 spiro atoms. The first-order valence-electron chi connectivity index (χ1n) is 14.1. The molecule has 3 amide bonds. The van der Waals surface area contributed by atoms with Gasteiger partial charge in [-0.25, -0.2) is 0 Å². The van der Waals surface area contributed by atoms with E-state index in [9.17, 15) is 14.4 Å². The van der Waals surface area contributed by atoms with E-state index < -0.39 is 12.1 Å². The lowest BCUT2D eigenvalue weighted by Gasteiger charge is -2.34. The quantitative estimate of drug-likeness (QED) is 0.326. The van der Waals surface area contributed by atoms with Crippen molar-refractivity contribution in [2.24, 2.45) is 0 Å². The molecule has 2 aromatic carbocycles. The molecule has 9 heteroatoms. The summed E-state index contributed by atoms with van der Waals surface area (Å²) in [6, 6.07) is 20.7. The molecule has 218 valence electrons. The molecule has 1 fully saturated rings. The van der Waals surface area contributed by atoms with E-state index >= 15 is 0 Å². The van der Waals surface area contributed by atoms with Crippen LogP contribution in [0.15, 0.2) is 72.1 Å². The van der Waals surface area contributed by atoms with Crippen LogP contribution in [0.1, 0.15) is 23.3 Å². The number of rotatable bonds is 13. The summed E-state index contributed by atoms with van der Waals surface area (Å²) in [5, 5.41) is 8.01. The Bertz CT molecular complexity index is 1260. The van der Waals surface area contributed by atoms with E-state index in [1.54, 1.807) is 32.5 Å². The standard InChI is InChI=1S/C32H40N4O4S/c1-33-31(38)28(20-27-12-8-18-41-27)36(3)32(39)29(35(2)30(37)22-40-21-26-11-7-17-34-26)19-23-13-15-25(16-14-23)24-9-5-4-6-10-24/h4-6,8-10,12-16,18,26,28-29,34H,7,11,17,19-22H2,1-3H3,(H,33,38)/t26-,28+,29+/m0/s1. The summed E-state index contributed by atoms with van der Waals surface area (Å²) in [7, 11) is 4.85. The summed E-state index contributed by atoms with van der Waals surface area (Å²) < 4.78 is 5.74. The average molecular weight is 577 g/mol. The van der Waals surface area contributed by atoms with E-state index in [0.717, 1.165) is 41.0 Å². The Balaban J connectivity index is 1.53. The first-order chi connectivity index (χ1) is 19.9. The van der Waals surface area contributed by atoms with Gasteiger partial charge in [0.1, 0.15) is 18.7 Å². The minimum atomic E-state index is -0.807. The summed E-state index contributed by atoms with van der Waals surface area (Å²) in [5.41, 5.74) is 3.10. The van der Waals surface area contributed by atoms with Gasteiger partial charge < -0.3 is 25.2 Å². The van der Waals surface area contributed by atoms with Gasteiger partial charge in [0.25, 0.3) is 0 Å². The van der Waals surface area contributed by atoms with Crippen molar-refractivity contribution in [3.8, 4) is 11.1 Å². The number of nitrogens with zero attached hydrogens (tertiary/aromatic N) is 2. The molecule has 0 saturated carbocycles. The Labute approximate surface area is 246 Å². The third-order valence-electron chi connectivity index (χ3n) is 7.68. The Morgan fingerprint density at radius 2 is 1.68 bits per heavy atom. The Morgan fingerprint density at radius 3 is 2.32 bits per heavy atom. The lowest BCUT2D eigenvalue weighted by atomic mass is 9.99. The maximum absolute atomic E-state index is 14.1. The molecule has 1 aromatic heterocycles. The zero-order chi connectivity index (χ0) is 29.2. The van der Waals surface area contributed by atoms with Crippen molar-refractivity contribution in [2.75, 3.05) is 40.9 Å². The summed E-state index contributed by atoms with van der Waals surface area (Å²) in [5.74, 6) is -0.817. The zero-order valence-corrected chi connectivity index (χ0v) is 24.9. The third-order valence-corrected chi connectivity index (χ3v) is 8.58. The molecule has 41 heavy (non-hydrogen) atoms. The Kier molecular flexibility index (Phi) is 11.1. The van der Waals surface area contributed by atoms with Crippen LogP contribution >= 0.6 is 11.3 Å². The SMILES string of the molecule is CNC(=O)[C@@H](Cc1cccs1)N(C)C(=O)[C@@H](Cc1ccc(-c2ccccc2)cc1)N(C)C(=O)COC[C@@H]1CCCN1. The topological polar surface area (TPSA) is 91.0 Å². The van der Waals surface area contributed by atoms with Gasteiger partial charge >= 0.3 is 0 Å². The third kappa shape index (κ3) is 8.25. The van der Waals surface area contributed by atoms with E-state index in [1.807, 2.05) is 60.0 Å². The van der Waals surface area contributed by atoms with Gasteiger partial charge in [-0.05, 0) is 47.5 Å². The van der Waals surface area contributed by atoms with Crippen LogP contribution < -0.4 is 10.6 Å². The molecule has 0 bridgehead atoms. The number of carbonyl (C=O) groups excluding carboxylic acids is 3. The van der Waals surface area contributed by atoms with Crippen LogP contribution in [0, 0.1) is 0 Å². The molecule has 0 unspecified atom stereocenters. The summed E-state index contributed by atoms with van der Waals surface area (Å²) in [6.07, 6.45) is 2.84. The minimum Gasteiger partial charge on any atom is -0.370 e. The minimum absolute atomic E-state index is 0.108. The fourth-order valence-electron chi connectivity index (χ4n) is 5.12.